The number of hydrogen-bond acceptors (Lipinski definition) is 3. The van der Waals surface area contributed by atoms with E-state index in [0.717, 1.165) is 27.8 Å². The first-order valence-electron chi connectivity index (χ1n) is 12.2. The Morgan fingerprint density at radius 3 is 2.47 bits per heavy atom. The predicted octanol–water partition coefficient (Wildman–Crippen LogP) is 6.80. The van der Waals surface area contributed by atoms with E-state index in [1.165, 1.54) is 0 Å². The topological polar surface area (TPSA) is 58.4 Å². The van der Waals surface area contributed by atoms with Crippen LogP contribution in [0.5, 0.6) is 0 Å². The summed E-state index contributed by atoms with van der Waals surface area (Å²) in [6.45, 7) is 7.79. The van der Waals surface area contributed by atoms with Crippen LogP contribution in [0, 0.1) is 0 Å². The fourth-order valence-electron chi connectivity index (χ4n) is 5.26. The number of aromatic nitrogens is 2. The molecule has 2 atom stereocenters. The molecule has 4 aromatic rings. The lowest BCUT2D eigenvalue weighted by Crippen LogP contribution is -2.47. The molecule has 1 aliphatic heterocycles. The van der Waals surface area contributed by atoms with Crippen molar-refractivity contribution in [2.45, 2.75) is 52.2 Å². The van der Waals surface area contributed by atoms with Crippen LogP contribution in [-0.2, 0) is 4.79 Å². The summed E-state index contributed by atoms with van der Waals surface area (Å²) in [5, 5.41) is 6.04. The van der Waals surface area contributed by atoms with Crippen LogP contribution >= 0.6 is 11.6 Å². The number of hydrogen-bond donors (Lipinski definition) is 0. The molecule has 6 nitrogen and oxygen atoms in total. The number of halogens is 1. The summed E-state index contributed by atoms with van der Waals surface area (Å²) in [5.41, 5.74) is 4.18. The number of fused-ring (bicyclic) bond motifs is 2. The zero-order valence-corrected chi connectivity index (χ0v) is 21.6. The minimum atomic E-state index is -0.203. The molecule has 3 aromatic carbocycles. The van der Waals surface area contributed by atoms with Crippen molar-refractivity contribution in [3.8, 4) is 0 Å². The molecule has 0 saturated carbocycles. The first kappa shape index (κ1) is 24.1. The molecule has 0 bridgehead atoms. The van der Waals surface area contributed by atoms with Gasteiger partial charge in [-0.2, -0.15) is 5.10 Å². The number of nitrogens with zero attached hydrogens (tertiary/aromatic N) is 4. The van der Waals surface area contributed by atoms with Crippen molar-refractivity contribution in [2.75, 3.05) is 9.80 Å². The van der Waals surface area contributed by atoms with Gasteiger partial charge < -0.3 is 9.80 Å². The van der Waals surface area contributed by atoms with E-state index in [1.54, 1.807) is 24.0 Å². The number of amides is 2. The molecule has 0 spiro atoms. The molecule has 0 saturated heterocycles. The van der Waals surface area contributed by atoms with E-state index < -0.39 is 0 Å². The Morgan fingerprint density at radius 1 is 1.06 bits per heavy atom. The van der Waals surface area contributed by atoms with Gasteiger partial charge >= 0.3 is 0 Å². The average Bonchev–Trinajstić information content (AvgIpc) is 3.28. The van der Waals surface area contributed by atoms with Gasteiger partial charge in [-0.3, -0.25) is 14.3 Å². The van der Waals surface area contributed by atoms with Gasteiger partial charge in [0.15, 0.2) is 0 Å². The van der Waals surface area contributed by atoms with E-state index in [2.05, 4.69) is 18.9 Å². The Balaban J connectivity index is 1.54. The molecule has 0 aliphatic carbocycles. The highest BCUT2D eigenvalue weighted by molar-refractivity contribution is 6.30. The first-order valence-corrected chi connectivity index (χ1v) is 12.6. The molecule has 0 radical (unpaired) electrons. The molecular formula is C29H29ClN4O2. The van der Waals surface area contributed by atoms with Crippen molar-refractivity contribution >= 4 is 45.7 Å². The summed E-state index contributed by atoms with van der Waals surface area (Å²) in [6.07, 6.45) is 2.42. The molecule has 36 heavy (non-hydrogen) atoms. The normalized spacial score (nSPS) is 17.3. The standard InChI is InChI=1S/C29H29ClN4O2/c1-18(2)34-26-14-9-21(16-22(26)17-31-34)29(36)32-19(3)15-28(25-7-5-6-8-27(25)32)33(20(4)35)24-12-10-23(30)11-13-24/h5-14,16-19,28H,15H2,1-4H3. The average molecular weight is 501 g/mol. The van der Waals surface area contributed by atoms with Gasteiger partial charge in [-0.25, -0.2) is 0 Å². The van der Waals surface area contributed by atoms with Gasteiger partial charge in [0.25, 0.3) is 5.91 Å². The monoisotopic (exact) mass is 500 g/mol. The van der Waals surface area contributed by atoms with Crippen LogP contribution in [0.25, 0.3) is 10.9 Å². The molecule has 0 fully saturated rings. The highest BCUT2D eigenvalue weighted by atomic mass is 35.5. The summed E-state index contributed by atoms with van der Waals surface area (Å²) >= 11 is 6.10. The van der Waals surface area contributed by atoms with E-state index in [-0.39, 0.29) is 29.9 Å². The van der Waals surface area contributed by atoms with Crippen LogP contribution in [-0.4, -0.2) is 27.6 Å². The molecule has 0 N–H and O–H groups in total. The smallest absolute Gasteiger partial charge is 0.258 e. The van der Waals surface area contributed by atoms with Gasteiger partial charge in [-0.05, 0) is 81.3 Å². The summed E-state index contributed by atoms with van der Waals surface area (Å²) in [5.74, 6) is -0.120. The van der Waals surface area contributed by atoms with Gasteiger partial charge in [0.1, 0.15) is 0 Å². The van der Waals surface area contributed by atoms with E-state index in [4.69, 9.17) is 11.6 Å². The van der Waals surface area contributed by atoms with Crippen LogP contribution in [0.3, 0.4) is 0 Å². The van der Waals surface area contributed by atoms with Gasteiger partial charge in [0.2, 0.25) is 5.91 Å². The number of carbonyl (C=O) groups excluding carboxylic acids is 2. The maximum Gasteiger partial charge on any atom is 0.258 e. The summed E-state index contributed by atoms with van der Waals surface area (Å²) < 4.78 is 1.96. The molecule has 2 heterocycles. The van der Waals surface area contributed by atoms with Crippen molar-refractivity contribution in [1.82, 2.24) is 9.78 Å². The van der Waals surface area contributed by atoms with Gasteiger partial charge in [-0.15, -0.1) is 0 Å². The third kappa shape index (κ3) is 4.16. The molecular weight excluding hydrogens is 472 g/mol. The molecule has 1 aromatic heterocycles. The molecule has 2 unspecified atom stereocenters. The SMILES string of the molecule is CC(=O)N(c1ccc(Cl)cc1)C1CC(C)N(C(=O)c2ccc3c(cnn3C(C)C)c2)c2ccccc21. The van der Waals surface area contributed by atoms with E-state index >= 15 is 0 Å². The van der Waals surface area contributed by atoms with Gasteiger partial charge in [0.05, 0.1) is 17.8 Å². The zero-order valence-electron chi connectivity index (χ0n) is 20.9. The van der Waals surface area contributed by atoms with Crippen LogP contribution < -0.4 is 9.80 Å². The molecule has 184 valence electrons. The Morgan fingerprint density at radius 2 is 1.78 bits per heavy atom. The maximum absolute atomic E-state index is 13.9. The molecule has 7 heteroatoms. The largest absolute Gasteiger partial charge is 0.305 e. The summed E-state index contributed by atoms with van der Waals surface area (Å²) in [4.78, 5) is 30.4. The van der Waals surface area contributed by atoms with Crippen molar-refractivity contribution < 1.29 is 9.59 Å². The lowest BCUT2D eigenvalue weighted by molar-refractivity contribution is -0.117. The molecule has 5 rings (SSSR count). The fourth-order valence-corrected chi connectivity index (χ4v) is 5.38. The number of benzene rings is 3. The highest BCUT2D eigenvalue weighted by Crippen LogP contribution is 2.43. The Labute approximate surface area is 216 Å². The lowest BCUT2D eigenvalue weighted by atomic mass is 9.89. The number of anilines is 2. The number of carbonyl (C=O) groups is 2. The quantitative estimate of drug-likeness (QED) is 0.309. The Hall–Kier alpha value is -3.64. The van der Waals surface area contributed by atoms with Crippen molar-refractivity contribution in [1.29, 1.82) is 0 Å². The molecule has 1 aliphatic rings. The van der Waals surface area contributed by atoms with Crippen molar-refractivity contribution in [3.63, 3.8) is 0 Å². The second-order valence-electron chi connectivity index (χ2n) is 9.66. The molecule has 2 amide bonds. The van der Waals surface area contributed by atoms with E-state index in [9.17, 15) is 9.59 Å². The predicted molar refractivity (Wildman–Crippen MR) is 145 cm³/mol. The third-order valence-electron chi connectivity index (χ3n) is 6.87. The van der Waals surface area contributed by atoms with Crippen LogP contribution in [0.1, 0.15) is 62.1 Å². The lowest BCUT2D eigenvalue weighted by Gasteiger charge is -2.43. The Kier molecular flexibility index (Phi) is 6.31. The number of rotatable bonds is 4. The third-order valence-corrected chi connectivity index (χ3v) is 7.12. The second kappa shape index (κ2) is 9.43. The minimum Gasteiger partial charge on any atom is -0.305 e. The van der Waals surface area contributed by atoms with E-state index in [1.807, 2.05) is 77.3 Å². The number of para-hydroxylation sites is 1. The maximum atomic E-state index is 13.9. The van der Waals surface area contributed by atoms with Crippen LogP contribution in [0.4, 0.5) is 11.4 Å². The summed E-state index contributed by atoms with van der Waals surface area (Å²) in [6, 6.07) is 20.8. The minimum absolute atomic E-state index is 0.0586. The van der Waals surface area contributed by atoms with Crippen LogP contribution in [0.2, 0.25) is 5.02 Å². The van der Waals surface area contributed by atoms with Gasteiger partial charge in [0, 0.05) is 46.4 Å². The first-order chi connectivity index (χ1) is 17.3. The zero-order chi connectivity index (χ0) is 25.6. The Bertz CT molecular complexity index is 1440. The van der Waals surface area contributed by atoms with Crippen molar-refractivity contribution in [3.05, 3.63) is 89.1 Å². The van der Waals surface area contributed by atoms with E-state index in [0.29, 0.717) is 17.0 Å². The second-order valence-corrected chi connectivity index (χ2v) is 10.1. The van der Waals surface area contributed by atoms with Crippen LogP contribution in [0.15, 0.2) is 72.9 Å². The van der Waals surface area contributed by atoms with Gasteiger partial charge in [-0.1, -0.05) is 29.8 Å². The fraction of sp³-hybridized carbons (Fsp3) is 0.276. The summed E-state index contributed by atoms with van der Waals surface area (Å²) in [7, 11) is 0. The van der Waals surface area contributed by atoms with Crippen molar-refractivity contribution in [2.24, 2.45) is 0 Å². The highest BCUT2D eigenvalue weighted by Gasteiger charge is 2.38.